The van der Waals surface area contributed by atoms with Gasteiger partial charge >= 0.3 is 0 Å². The van der Waals surface area contributed by atoms with Gasteiger partial charge in [-0.2, -0.15) is 0 Å². The summed E-state index contributed by atoms with van der Waals surface area (Å²) >= 11 is 1.43. The predicted molar refractivity (Wildman–Crippen MR) is 79.3 cm³/mol. The van der Waals surface area contributed by atoms with E-state index < -0.39 is 9.84 Å². The molecule has 0 spiro atoms. The summed E-state index contributed by atoms with van der Waals surface area (Å²) in [5, 5.41) is 2.88. The highest BCUT2D eigenvalue weighted by Crippen LogP contribution is 2.24. The largest absolute Gasteiger partial charge is 0.325 e. The van der Waals surface area contributed by atoms with Crippen LogP contribution in [0.15, 0.2) is 24.3 Å². The number of nitrogens with one attached hydrogen (secondary N) is 1. The second-order valence-corrected chi connectivity index (χ2v) is 8.27. The molecular formula is C13H17NO3S2. The van der Waals surface area contributed by atoms with Crippen molar-refractivity contribution in [2.24, 2.45) is 0 Å². The Morgan fingerprint density at radius 1 is 1.47 bits per heavy atom. The molecule has 104 valence electrons. The van der Waals surface area contributed by atoms with Crippen molar-refractivity contribution >= 4 is 33.2 Å². The van der Waals surface area contributed by atoms with E-state index in [1.807, 2.05) is 31.2 Å². The van der Waals surface area contributed by atoms with Gasteiger partial charge in [-0.1, -0.05) is 12.1 Å². The van der Waals surface area contributed by atoms with Crippen LogP contribution in [0.25, 0.3) is 0 Å². The van der Waals surface area contributed by atoms with Gasteiger partial charge in [0.2, 0.25) is 5.91 Å². The summed E-state index contributed by atoms with van der Waals surface area (Å²) in [5.74, 6) is 0.674. The van der Waals surface area contributed by atoms with Crippen molar-refractivity contribution in [3.8, 4) is 0 Å². The highest BCUT2D eigenvalue weighted by atomic mass is 32.2. The van der Waals surface area contributed by atoms with Gasteiger partial charge in [0.25, 0.3) is 0 Å². The van der Waals surface area contributed by atoms with E-state index in [0.29, 0.717) is 12.2 Å². The van der Waals surface area contributed by atoms with Gasteiger partial charge in [0.05, 0.1) is 17.3 Å². The van der Waals surface area contributed by atoms with Gasteiger partial charge in [-0.05, 0) is 31.0 Å². The van der Waals surface area contributed by atoms with Crippen molar-refractivity contribution in [1.29, 1.82) is 0 Å². The Balaban J connectivity index is 1.79. The van der Waals surface area contributed by atoms with Gasteiger partial charge in [-0.15, -0.1) is 11.8 Å². The minimum absolute atomic E-state index is 0.0632. The zero-order chi connectivity index (χ0) is 13.9. The van der Waals surface area contributed by atoms with Crippen LogP contribution in [-0.2, 0) is 14.6 Å². The fourth-order valence-corrected chi connectivity index (χ4v) is 5.45. The lowest BCUT2D eigenvalue weighted by atomic mass is 10.2. The van der Waals surface area contributed by atoms with Gasteiger partial charge in [0, 0.05) is 10.9 Å². The molecule has 1 aromatic carbocycles. The molecule has 0 aromatic heterocycles. The Labute approximate surface area is 117 Å². The maximum absolute atomic E-state index is 11.8. The standard InChI is InChI=1S/C13H17NO3S2/c1-10-3-2-4-11(7-10)14-13(15)8-18-12-5-6-19(16,17)9-12/h2-4,7,12H,5-6,8-9H2,1H3,(H,14,15)/t12-/m0/s1. The Hall–Kier alpha value is -1.01. The first-order chi connectivity index (χ1) is 8.94. The maximum atomic E-state index is 11.8. The van der Waals surface area contributed by atoms with Crippen LogP contribution in [0.4, 0.5) is 5.69 Å². The molecule has 1 fully saturated rings. The topological polar surface area (TPSA) is 63.2 Å². The van der Waals surface area contributed by atoms with Crippen LogP contribution >= 0.6 is 11.8 Å². The molecule has 1 aliphatic rings. The first-order valence-electron chi connectivity index (χ1n) is 6.13. The third-order valence-corrected chi connectivity index (χ3v) is 6.22. The van der Waals surface area contributed by atoms with Crippen molar-refractivity contribution in [1.82, 2.24) is 0 Å². The van der Waals surface area contributed by atoms with E-state index in [1.165, 1.54) is 11.8 Å². The van der Waals surface area contributed by atoms with Crippen LogP contribution in [-0.4, -0.2) is 36.8 Å². The molecule has 1 aromatic rings. The average Bonchev–Trinajstić information content (AvgIpc) is 2.66. The van der Waals surface area contributed by atoms with Crippen LogP contribution in [0.2, 0.25) is 0 Å². The molecular weight excluding hydrogens is 282 g/mol. The Morgan fingerprint density at radius 3 is 2.89 bits per heavy atom. The van der Waals surface area contributed by atoms with E-state index in [-0.39, 0.29) is 22.7 Å². The lowest BCUT2D eigenvalue weighted by molar-refractivity contribution is -0.113. The van der Waals surface area contributed by atoms with Crippen molar-refractivity contribution in [2.75, 3.05) is 22.6 Å². The van der Waals surface area contributed by atoms with E-state index in [0.717, 1.165) is 11.3 Å². The fraction of sp³-hybridized carbons (Fsp3) is 0.462. The lowest BCUT2D eigenvalue weighted by Crippen LogP contribution is -2.17. The Kier molecular flexibility index (Phi) is 4.52. The third kappa shape index (κ3) is 4.54. The highest BCUT2D eigenvalue weighted by molar-refractivity contribution is 8.02. The monoisotopic (exact) mass is 299 g/mol. The van der Waals surface area contributed by atoms with E-state index in [1.54, 1.807) is 0 Å². The van der Waals surface area contributed by atoms with Crippen LogP contribution in [0, 0.1) is 6.92 Å². The third-order valence-electron chi connectivity index (χ3n) is 2.94. The summed E-state index contributed by atoms with van der Waals surface area (Å²) in [6.45, 7) is 1.97. The molecule has 4 nitrogen and oxygen atoms in total. The molecule has 0 radical (unpaired) electrons. The smallest absolute Gasteiger partial charge is 0.234 e. The molecule has 1 amide bonds. The summed E-state index contributed by atoms with van der Waals surface area (Å²) in [6, 6.07) is 7.60. The fourth-order valence-electron chi connectivity index (χ4n) is 2.01. The number of benzene rings is 1. The predicted octanol–water partition coefficient (Wildman–Crippen LogP) is 1.85. The van der Waals surface area contributed by atoms with Gasteiger partial charge in [0.1, 0.15) is 0 Å². The number of amides is 1. The summed E-state index contributed by atoms with van der Waals surface area (Å²) in [5.41, 5.74) is 1.87. The number of aryl methyl sites for hydroxylation is 1. The quantitative estimate of drug-likeness (QED) is 0.921. The minimum Gasteiger partial charge on any atom is -0.325 e. The van der Waals surface area contributed by atoms with Crippen molar-refractivity contribution < 1.29 is 13.2 Å². The molecule has 1 saturated heterocycles. The van der Waals surface area contributed by atoms with Crippen molar-refractivity contribution in [3.63, 3.8) is 0 Å². The molecule has 1 N–H and O–H groups in total. The summed E-state index contributed by atoms with van der Waals surface area (Å²) in [4.78, 5) is 11.8. The molecule has 6 heteroatoms. The number of hydrogen-bond acceptors (Lipinski definition) is 4. The van der Waals surface area contributed by atoms with E-state index >= 15 is 0 Å². The average molecular weight is 299 g/mol. The van der Waals surface area contributed by atoms with Crippen LogP contribution in [0.5, 0.6) is 0 Å². The van der Waals surface area contributed by atoms with Gasteiger partial charge in [0.15, 0.2) is 9.84 Å². The molecule has 1 heterocycles. The molecule has 0 aliphatic carbocycles. The maximum Gasteiger partial charge on any atom is 0.234 e. The lowest BCUT2D eigenvalue weighted by Gasteiger charge is -2.08. The van der Waals surface area contributed by atoms with Crippen molar-refractivity contribution in [2.45, 2.75) is 18.6 Å². The Bertz CT molecular complexity index is 569. The second-order valence-electron chi connectivity index (χ2n) is 4.75. The number of rotatable bonds is 4. The number of hydrogen-bond donors (Lipinski definition) is 1. The first-order valence-corrected chi connectivity index (χ1v) is 9.00. The van der Waals surface area contributed by atoms with Crippen LogP contribution in [0.3, 0.4) is 0 Å². The van der Waals surface area contributed by atoms with E-state index in [9.17, 15) is 13.2 Å². The van der Waals surface area contributed by atoms with E-state index in [2.05, 4.69) is 5.32 Å². The summed E-state index contributed by atoms with van der Waals surface area (Å²) < 4.78 is 22.6. The summed E-state index contributed by atoms with van der Waals surface area (Å²) in [6.07, 6.45) is 0.657. The SMILES string of the molecule is Cc1cccc(NC(=O)CS[C@H]2CCS(=O)(=O)C2)c1. The number of sulfone groups is 1. The molecule has 19 heavy (non-hydrogen) atoms. The zero-order valence-electron chi connectivity index (χ0n) is 10.8. The van der Waals surface area contributed by atoms with Gasteiger partial charge in [-0.3, -0.25) is 4.79 Å². The van der Waals surface area contributed by atoms with Crippen molar-refractivity contribution in [3.05, 3.63) is 29.8 Å². The Morgan fingerprint density at radius 2 is 2.26 bits per heavy atom. The molecule has 0 saturated carbocycles. The normalized spacial score (nSPS) is 21.2. The minimum atomic E-state index is -2.86. The molecule has 2 rings (SSSR count). The van der Waals surface area contributed by atoms with Gasteiger partial charge < -0.3 is 5.32 Å². The number of anilines is 1. The molecule has 1 aliphatic heterocycles. The molecule has 0 bridgehead atoms. The number of carbonyl (C=O) groups excluding carboxylic acids is 1. The zero-order valence-corrected chi connectivity index (χ0v) is 12.4. The highest BCUT2D eigenvalue weighted by Gasteiger charge is 2.28. The summed E-state index contributed by atoms with van der Waals surface area (Å²) in [7, 11) is -2.86. The molecule has 1 atom stereocenters. The second kappa shape index (κ2) is 5.96. The van der Waals surface area contributed by atoms with Crippen LogP contribution in [0.1, 0.15) is 12.0 Å². The first kappa shape index (κ1) is 14.4. The van der Waals surface area contributed by atoms with E-state index in [4.69, 9.17) is 0 Å². The van der Waals surface area contributed by atoms with Gasteiger partial charge in [-0.25, -0.2) is 8.42 Å². The number of carbonyl (C=O) groups is 1. The number of thioether (sulfide) groups is 1. The molecule has 0 unspecified atom stereocenters. The van der Waals surface area contributed by atoms with Crippen LogP contribution < -0.4 is 5.32 Å².